The molecule has 0 aliphatic carbocycles. The Balaban J connectivity index is 3.65. The van der Waals surface area contributed by atoms with Crippen LogP contribution in [0.15, 0.2) is 0 Å². The predicted octanol–water partition coefficient (Wildman–Crippen LogP) is 0.601. The Bertz CT molecular complexity index is 140. The molecule has 0 fully saturated rings. The van der Waals surface area contributed by atoms with Crippen LogP contribution in [0.25, 0.3) is 0 Å². The van der Waals surface area contributed by atoms with Crippen LogP contribution in [-0.2, 0) is 0 Å². The summed E-state index contributed by atoms with van der Waals surface area (Å²) in [4.78, 5) is 1.98. The van der Waals surface area contributed by atoms with Crippen molar-refractivity contribution in [2.45, 2.75) is 32.4 Å². The summed E-state index contributed by atoms with van der Waals surface area (Å²) in [6.45, 7) is 4.35. The molecule has 11 heavy (non-hydrogen) atoms. The van der Waals surface area contributed by atoms with Gasteiger partial charge in [-0.1, -0.05) is 0 Å². The summed E-state index contributed by atoms with van der Waals surface area (Å²) in [5.74, 6) is 0. The maximum Gasteiger partial charge on any atom is 0.0639 e. The maximum absolute atomic E-state index is 9.02. The molecule has 0 saturated heterocycles. The van der Waals surface area contributed by atoms with Crippen LogP contribution in [0.5, 0.6) is 0 Å². The highest BCUT2D eigenvalue weighted by molar-refractivity contribution is 4.78. The molecular formula is C8H16N2O. The molecule has 0 aromatic heterocycles. The minimum Gasteiger partial charge on any atom is -0.392 e. The summed E-state index contributed by atoms with van der Waals surface area (Å²) >= 11 is 0. The van der Waals surface area contributed by atoms with Gasteiger partial charge in [0, 0.05) is 12.6 Å². The fraction of sp³-hybridized carbons (Fsp3) is 0.875. The lowest BCUT2D eigenvalue weighted by atomic mass is 10.2. The Morgan fingerprint density at radius 2 is 2.09 bits per heavy atom. The van der Waals surface area contributed by atoms with Crippen molar-refractivity contribution in [1.82, 2.24) is 4.90 Å². The van der Waals surface area contributed by atoms with Gasteiger partial charge in [-0.3, -0.25) is 0 Å². The quantitative estimate of drug-likeness (QED) is 0.648. The highest BCUT2D eigenvalue weighted by atomic mass is 16.3. The molecule has 3 nitrogen and oxygen atoms in total. The largest absolute Gasteiger partial charge is 0.392 e. The molecule has 0 rings (SSSR count). The smallest absolute Gasteiger partial charge is 0.0639 e. The van der Waals surface area contributed by atoms with E-state index in [1.807, 2.05) is 18.9 Å². The highest BCUT2D eigenvalue weighted by Gasteiger charge is 2.09. The van der Waals surface area contributed by atoms with Crippen LogP contribution in [0.4, 0.5) is 0 Å². The first-order chi connectivity index (χ1) is 5.07. The summed E-state index contributed by atoms with van der Waals surface area (Å²) in [5, 5.41) is 17.4. The minimum atomic E-state index is -0.318. The third kappa shape index (κ3) is 4.77. The average molecular weight is 156 g/mol. The molecular weight excluding hydrogens is 140 g/mol. The summed E-state index contributed by atoms with van der Waals surface area (Å²) in [5.41, 5.74) is 0. The first-order valence-electron chi connectivity index (χ1n) is 3.83. The summed E-state index contributed by atoms with van der Waals surface area (Å²) < 4.78 is 0. The van der Waals surface area contributed by atoms with Crippen molar-refractivity contribution in [3.63, 3.8) is 0 Å². The summed E-state index contributed by atoms with van der Waals surface area (Å²) in [7, 11) is 1.91. The van der Waals surface area contributed by atoms with E-state index in [1.165, 1.54) is 0 Å². The molecule has 0 aromatic carbocycles. The molecule has 0 heterocycles. The van der Waals surface area contributed by atoms with Gasteiger partial charge in [0.15, 0.2) is 0 Å². The second kappa shape index (κ2) is 5.11. The number of aliphatic hydroxyl groups is 1. The van der Waals surface area contributed by atoms with Crippen LogP contribution < -0.4 is 0 Å². The molecule has 0 saturated carbocycles. The van der Waals surface area contributed by atoms with E-state index < -0.39 is 0 Å². The van der Waals surface area contributed by atoms with E-state index in [0.717, 1.165) is 0 Å². The van der Waals surface area contributed by atoms with Gasteiger partial charge in [0.05, 0.1) is 18.6 Å². The first kappa shape index (κ1) is 10.4. The lowest BCUT2D eigenvalue weighted by Gasteiger charge is -2.23. The molecule has 0 bridgehead atoms. The molecule has 0 aliphatic rings. The van der Waals surface area contributed by atoms with Crippen LogP contribution in [-0.4, -0.2) is 35.7 Å². The van der Waals surface area contributed by atoms with E-state index in [2.05, 4.69) is 6.07 Å². The Labute approximate surface area is 68.2 Å². The number of rotatable bonds is 4. The van der Waals surface area contributed by atoms with Crippen LogP contribution in [0, 0.1) is 11.3 Å². The topological polar surface area (TPSA) is 47.3 Å². The number of hydrogen-bond donors (Lipinski definition) is 1. The monoisotopic (exact) mass is 156 g/mol. The molecule has 0 aromatic rings. The van der Waals surface area contributed by atoms with E-state index in [4.69, 9.17) is 10.4 Å². The third-order valence-electron chi connectivity index (χ3n) is 1.69. The zero-order chi connectivity index (χ0) is 8.85. The van der Waals surface area contributed by atoms with Crippen molar-refractivity contribution in [1.29, 1.82) is 5.26 Å². The standard InChI is InChI=1S/C8H16N2O/c1-7(4-5-9)10(3)6-8(2)11/h7-8,11H,4,6H2,1-3H3/t7?,8-/m1/s1. The minimum absolute atomic E-state index is 0.231. The molecule has 0 spiro atoms. The highest BCUT2D eigenvalue weighted by Crippen LogP contribution is 2.00. The van der Waals surface area contributed by atoms with E-state index >= 15 is 0 Å². The number of aliphatic hydroxyl groups excluding tert-OH is 1. The van der Waals surface area contributed by atoms with Crippen molar-refractivity contribution < 1.29 is 5.11 Å². The van der Waals surface area contributed by atoms with Gasteiger partial charge in [-0.15, -0.1) is 0 Å². The van der Waals surface area contributed by atoms with E-state index in [-0.39, 0.29) is 12.1 Å². The lowest BCUT2D eigenvalue weighted by molar-refractivity contribution is 0.122. The third-order valence-corrected chi connectivity index (χ3v) is 1.69. The number of likely N-dealkylation sites (N-methyl/N-ethyl adjacent to an activating group) is 1. The first-order valence-corrected chi connectivity index (χ1v) is 3.83. The van der Waals surface area contributed by atoms with Gasteiger partial charge in [0.1, 0.15) is 0 Å². The van der Waals surface area contributed by atoms with Gasteiger partial charge in [0.25, 0.3) is 0 Å². The SMILES string of the molecule is CC(CC#N)N(C)C[C@@H](C)O. The van der Waals surface area contributed by atoms with Gasteiger partial charge in [-0.25, -0.2) is 0 Å². The fourth-order valence-corrected chi connectivity index (χ4v) is 0.885. The Kier molecular flexibility index (Phi) is 4.84. The van der Waals surface area contributed by atoms with Gasteiger partial charge >= 0.3 is 0 Å². The summed E-state index contributed by atoms with van der Waals surface area (Å²) in [6.07, 6.45) is 0.199. The van der Waals surface area contributed by atoms with E-state index in [1.54, 1.807) is 6.92 Å². The molecule has 0 amide bonds. The predicted molar refractivity (Wildman–Crippen MR) is 44.0 cm³/mol. The molecule has 1 unspecified atom stereocenters. The van der Waals surface area contributed by atoms with Crippen molar-refractivity contribution >= 4 is 0 Å². The van der Waals surface area contributed by atoms with Crippen molar-refractivity contribution in [2.75, 3.05) is 13.6 Å². The Hall–Kier alpha value is -0.590. The van der Waals surface area contributed by atoms with E-state index in [0.29, 0.717) is 13.0 Å². The van der Waals surface area contributed by atoms with Gasteiger partial charge in [-0.05, 0) is 20.9 Å². The van der Waals surface area contributed by atoms with Gasteiger partial charge in [0.2, 0.25) is 0 Å². The van der Waals surface area contributed by atoms with Crippen LogP contribution in [0.1, 0.15) is 20.3 Å². The Morgan fingerprint density at radius 1 is 1.55 bits per heavy atom. The second-order valence-electron chi connectivity index (χ2n) is 3.00. The van der Waals surface area contributed by atoms with Crippen molar-refractivity contribution in [2.24, 2.45) is 0 Å². The zero-order valence-electron chi connectivity index (χ0n) is 7.41. The fourth-order valence-electron chi connectivity index (χ4n) is 0.885. The zero-order valence-corrected chi connectivity index (χ0v) is 7.41. The average Bonchev–Trinajstić information content (AvgIpc) is 1.86. The Morgan fingerprint density at radius 3 is 2.45 bits per heavy atom. The van der Waals surface area contributed by atoms with Crippen molar-refractivity contribution in [3.05, 3.63) is 0 Å². The van der Waals surface area contributed by atoms with E-state index in [9.17, 15) is 0 Å². The molecule has 64 valence electrons. The van der Waals surface area contributed by atoms with Crippen molar-refractivity contribution in [3.8, 4) is 6.07 Å². The molecule has 0 radical (unpaired) electrons. The molecule has 1 N–H and O–H groups in total. The number of hydrogen-bond acceptors (Lipinski definition) is 3. The maximum atomic E-state index is 9.02. The molecule has 2 atom stereocenters. The number of nitrogens with zero attached hydrogens (tertiary/aromatic N) is 2. The van der Waals surface area contributed by atoms with Crippen LogP contribution in [0.3, 0.4) is 0 Å². The number of nitriles is 1. The van der Waals surface area contributed by atoms with Gasteiger partial charge < -0.3 is 10.0 Å². The van der Waals surface area contributed by atoms with Gasteiger partial charge in [-0.2, -0.15) is 5.26 Å². The normalized spacial score (nSPS) is 16.0. The van der Waals surface area contributed by atoms with Crippen LogP contribution in [0.2, 0.25) is 0 Å². The lowest BCUT2D eigenvalue weighted by Crippen LogP contribution is -2.34. The molecule has 0 aliphatic heterocycles. The summed E-state index contributed by atoms with van der Waals surface area (Å²) in [6, 6.07) is 2.33. The second-order valence-corrected chi connectivity index (χ2v) is 3.00. The van der Waals surface area contributed by atoms with Crippen LogP contribution >= 0.6 is 0 Å². The molecule has 3 heteroatoms.